The first-order valence-corrected chi connectivity index (χ1v) is 14.9. The molecule has 5 heteroatoms. The van der Waals surface area contributed by atoms with E-state index >= 15 is 4.39 Å². The van der Waals surface area contributed by atoms with Gasteiger partial charge in [-0.15, -0.1) is 0 Å². The summed E-state index contributed by atoms with van der Waals surface area (Å²) < 4.78 is 26.8. The molecular formula is C35H41FO4. The van der Waals surface area contributed by atoms with Gasteiger partial charge in [0.05, 0.1) is 13.5 Å². The molecule has 0 radical (unpaired) electrons. The van der Waals surface area contributed by atoms with E-state index in [0.717, 1.165) is 41.7 Å². The lowest BCUT2D eigenvalue weighted by molar-refractivity contribution is -0.137. The van der Waals surface area contributed by atoms with Gasteiger partial charge in [0.2, 0.25) is 0 Å². The molecule has 1 N–H and O–H groups in total. The van der Waals surface area contributed by atoms with Crippen molar-refractivity contribution in [3.8, 4) is 22.6 Å². The molecule has 5 rings (SSSR count). The molecule has 0 spiro atoms. The van der Waals surface area contributed by atoms with E-state index in [-0.39, 0.29) is 18.2 Å². The molecular weight excluding hydrogens is 503 g/mol. The minimum atomic E-state index is -0.758. The monoisotopic (exact) mass is 544 g/mol. The second-order valence-corrected chi connectivity index (χ2v) is 11.6. The number of halogens is 1. The lowest BCUT2D eigenvalue weighted by Crippen LogP contribution is -2.08. The van der Waals surface area contributed by atoms with Crippen LogP contribution in [0.3, 0.4) is 0 Å². The summed E-state index contributed by atoms with van der Waals surface area (Å²) in [6, 6.07) is 19.2. The van der Waals surface area contributed by atoms with E-state index in [1.54, 1.807) is 19.2 Å². The van der Waals surface area contributed by atoms with Crippen LogP contribution in [0.1, 0.15) is 99.2 Å². The maximum Gasteiger partial charge on any atom is 0.303 e. The first-order chi connectivity index (χ1) is 19.5. The number of carbonyl (C=O) groups is 1. The summed E-state index contributed by atoms with van der Waals surface area (Å²) in [5, 5.41) is 9.46. The molecule has 1 atom stereocenters. The summed E-state index contributed by atoms with van der Waals surface area (Å²) in [6.07, 6.45) is 11.9. The molecule has 0 saturated heterocycles. The molecule has 40 heavy (non-hydrogen) atoms. The topological polar surface area (TPSA) is 55.8 Å². The van der Waals surface area contributed by atoms with Crippen LogP contribution >= 0.6 is 0 Å². The molecule has 0 aromatic heterocycles. The standard InChI is InChI=1S/C35H41FO4/c1-39-29-15-17-34(36)33(22-29)31-16-14-25(19-32(31)26-8-5-3-2-4-6-9-26)23-40-30-11-7-10-27(20-30)28(21-35(37)38)18-24-12-13-24/h7,10-11,14-17,19-20,22,24,26,28H,2-6,8-9,12-13,18,21,23H2,1H3,(H,37,38)/t28-/m0/s1. The smallest absolute Gasteiger partial charge is 0.303 e. The molecule has 2 aliphatic carbocycles. The van der Waals surface area contributed by atoms with Gasteiger partial charge in [-0.25, -0.2) is 4.39 Å². The molecule has 0 amide bonds. The van der Waals surface area contributed by atoms with E-state index in [4.69, 9.17) is 9.47 Å². The van der Waals surface area contributed by atoms with Crippen LogP contribution in [0.4, 0.5) is 4.39 Å². The Kier molecular flexibility index (Phi) is 9.41. The van der Waals surface area contributed by atoms with E-state index in [1.165, 1.54) is 56.6 Å². The highest BCUT2D eigenvalue weighted by Gasteiger charge is 2.28. The average Bonchev–Trinajstić information content (AvgIpc) is 3.76. The quantitative estimate of drug-likeness (QED) is 0.261. The summed E-state index contributed by atoms with van der Waals surface area (Å²) in [5.41, 5.74) is 4.79. The van der Waals surface area contributed by atoms with Crippen molar-refractivity contribution in [2.45, 2.75) is 89.1 Å². The van der Waals surface area contributed by atoms with Crippen molar-refractivity contribution < 1.29 is 23.8 Å². The number of aliphatic carboxylic acids is 1. The number of ether oxygens (including phenoxy) is 2. The fraction of sp³-hybridized carbons (Fsp3) is 0.457. The maximum atomic E-state index is 15.1. The third kappa shape index (κ3) is 7.44. The minimum absolute atomic E-state index is 0.0107. The van der Waals surface area contributed by atoms with Crippen molar-refractivity contribution in [2.24, 2.45) is 5.92 Å². The normalized spacial score (nSPS) is 17.1. The van der Waals surface area contributed by atoms with Gasteiger partial charge in [0.15, 0.2) is 0 Å². The maximum absolute atomic E-state index is 15.1. The summed E-state index contributed by atoms with van der Waals surface area (Å²) in [7, 11) is 1.61. The molecule has 0 aliphatic heterocycles. The Morgan fingerprint density at radius 3 is 2.40 bits per heavy atom. The second kappa shape index (κ2) is 13.3. The summed E-state index contributed by atoms with van der Waals surface area (Å²) in [6.45, 7) is 0.399. The summed E-state index contributed by atoms with van der Waals surface area (Å²) in [4.78, 5) is 11.5. The van der Waals surface area contributed by atoms with E-state index in [0.29, 0.717) is 29.8 Å². The zero-order valence-electron chi connectivity index (χ0n) is 23.5. The number of benzene rings is 3. The fourth-order valence-electron chi connectivity index (χ4n) is 6.22. The highest BCUT2D eigenvalue weighted by Crippen LogP contribution is 2.41. The van der Waals surface area contributed by atoms with Gasteiger partial charge in [-0.2, -0.15) is 0 Å². The van der Waals surface area contributed by atoms with E-state index in [9.17, 15) is 9.90 Å². The minimum Gasteiger partial charge on any atom is -0.497 e. The molecule has 212 valence electrons. The molecule has 3 aromatic carbocycles. The molecule has 2 fully saturated rings. The van der Waals surface area contributed by atoms with Crippen LogP contribution in [-0.2, 0) is 11.4 Å². The van der Waals surface area contributed by atoms with Crippen molar-refractivity contribution in [3.05, 3.63) is 83.2 Å². The third-order valence-corrected chi connectivity index (χ3v) is 8.60. The van der Waals surface area contributed by atoms with Crippen LogP contribution in [0.25, 0.3) is 11.1 Å². The molecule has 2 saturated carbocycles. The molecule has 0 heterocycles. The Morgan fingerprint density at radius 1 is 0.900 bits per heavy atom. The predicted molar refractivity (Wildman–Crippen MR) is 157 cm³/mol. The highest BCUT2D eigenvalue weighted by atomic mass is 19.1. The van der Waals surface area contributed by atoms with Gasteiger partial charge in [-0.05, 0) is 89.6 Å². The highest BCUT2D eigenvalue weighted by molar-refractivity contribution is 5.71. The van der Waals surface area contributed by atoms with Crippen LogP contribution in [0.5, 0.6) is 11.5 Å². The zero-order valence-corrected chi connectivity index (χ0v) is 23.5. The summed E-state index contributed by atoms with van der Waals surface area (Å²) >= 11 is 0. The van der Waals surface area contributed by atoms with Gasteiger partial charge in [0.25, 0.3) is 0 Å². The molecule has 0 unspecified atom stereocenters. The molecule has 3 aromatic rings. The lowest BCUT2D eigenvalue weighted by Gasteiger charge is -2.24. The number of carboxylic acid groups (broad SMARTS) is 1. The van der Waals surface area contributed by atoms with Crippen LogP contribution in [0.15, 0.2) is 60.7 Å². The number of methoxy groups -OCH3 is 1. The van der Waals surface area contributed by atoms with Gasteiger partial charge in [0, 0.05) is 5.56 Å². The van der Waals surface area contributed by atoms with Crippen LogP contribution in [0.2, 0.25) is 0 Å². The molecule has 4 nitrogen and oxygen atoms in total. The second-order valence-electron chi connectivity index (χ2n) is 11.6. The largest absolute Gasteiger partial charge is 0.497 e. The fourth-order valence-corrected chi connectivity index (χ4v) is 6.22. The van der Waals surface area contributed by atoms with Gasteiger partial charge in [-0.1, -0.05) is 75.3 Å². The third-order valence-electron chi connectivity index (χ3n) is 8.60. The van der Waals surface area contributed by atoms with Crippen LogP contribution < -0.4 is 9.47 Å². The predicted octanol–water partition coefficient (Wildman–Crippen LogP) is 9.27. The Labute approximate surface area is 237 Å². The van der Waals surface area contributed by atoms with Crippen LogP contribution in [0, 0.1) is 11.7 Å². The van der Waals surface area contributed by atoms with E-state index in [2.05, 4.69) is 6.07 Å². The molecule has 0 bridgehead atoms. The van der Waals surface area contributed by atoms with Crippen molar-refractivity contribution in [1.29, 1.82) is 0 Å². The van der Waals surface area contributed by atoms with Crippen molar-refractivity contribution >= 4 is 5.97 Å². The summed E-state index contributed by atoms with van der Waals surface area (Å²) in [5.74, 6) is 1.44. The Bertz CT molecular complexity index is 1290. The number of carboxylic acids is 1. The van der Waals surface area contributed by atoms with Crippen LogP contribution in [-0.4, -0.2) is 18.2 Å². The van der Waals surface area contributed by atoms with Crippen molar-refractivity contribution in [3.63, 3.8) is 0 Å². The molecule has 2 aliphatic rings. The van der Waals surface area contributed by atoms with Crippen molar-refractivity contribution in [2.75, 3.05) is 7.11 Å². The van der Waals surface area contributed by atoms with Crippen molar-refractivity contribution in [1.82, 2.24) is 0 Å². The number of rotatable bonds is 11. The van der Waals surface area contributed by atoms with Gasteiger partial charge in [-0.3, -0.25) is 4.79 Å². The van der Waals surface area contributed by atoms with E-state index < -0.39 is 5.97 Å². The Morgan fingerprint density at radius 2 is 1.68 bits per heavy atom. The average molecular weight is 545 g/mol. The number of hydrogen-bond acceptors (Lipinski definition) is 3. The first-order valence-electron chi connectivity index (χ1n) is 14.9. The Balaban J connectivity index is 1.39. The number of hydrogen-bond donors (Lipinski definition) is 1. The SMILES string of the molecule is COc1ccc(F)c(-c2ccc(COc3cccc([C@H](CC(=O)O)CC4CC4)c3)cc2C2CCCCCCC2)c1. The lowest BCUT2D eigenvalue weighted by atomic mass is 9.81. The van der Waals surface area contributed by atoms with Gasteiger partial charge >= 0.3 is 5.97 Å². The first kappa shape index (κ1) is 28.2. The van der Waals surface area contributed by atoms with Gasteiger partial charge in [0.1, 0.15) is 23.9 Å². The Hall–Kier alpha value is -3.34. The van der Waals surface area contributed by atoms with Gasteiger partial charge < -0.3 is 14.6 Å². The van der Waals surface area contributed by atoms with E-state index in [1.807, 2.05) is 36.4 Å². The zero-order chi connectivity index (χ0) is 27.9.